The molecule has 0 aromatic heterocycles. The molecule has 1 unspecified atom stereocenters. The van der Waals surface area contributed by atoms with Crippen LogP contribution >= 0.6 is 0 Å². The first-order chi connectivity index (χ1) is 16.2. The highest BCUT2D eigenvalue weighted by atomic mass is 32.2. The SMILES string of the molecule is CC(=O)C1CC(C(=O)Nc2ccc(S(=O)(=O)Nc3cccc(F)c3)cc2)=NN1c1ccccc1. The van der Waals surface area contributed by atoms with Crippen LogP contribution in [0.3, 0.4) is 0 Å². The van der Waals surface area contributed by atoms with E-state index in [0.29, 0.717) is 11.4 Å². The molecule has 2 N–H and O–H groups in total. The number of nitrogens with zero attached hydrogens (tertiary/aromatic N) is 2. The van der Waals surface area contributed by atoms with Gasteiger partial charge in [0.2, 0.25) is 0 Å². The number of hydrazone groups is 1. The minimum Gasteiger partial charge on any atom is -0.321 e. The first-order valence-electron chi connectivity index (χ1n) is 10.3. The van der Waals surface area contributed by atoms with Crippen LogP contribution in [0.25, 0.3) is 0 Å². The minimum absolute atomic E-state index is 0.0557. The van der Waals surface area contributed by atoms with Gasteiger partial charge in [-0.15, -0.1) is 0 Å². The van der Waals surface area contributed by atoms with Crippen LogP contribution in [0.4, 0.5) is 21.5 Å². The van der Waals surface area contributed by atoms with E-state index in [-0.39, 0.29) is 28.5 Å². The third-order valence-corrected chi connectivity index (χ3v) is 6.56. The molecule has 34 heavy (non-hydrogen) atoms. The van der Waals surface area contributed by atoms with E-state index >= 15 is 0 Å². The Hall–Kier alpha value is -4.05. The number of para-hydroxylation sites is 1. The maximum atomic E-state index is 13.3. The summed E-state index contributed by atoms with van der Waals surface area (Å²) in [5, 5.41) is 8.56. The standard InChI is InChI=1S/C24H21FN4O4S/c1-16(30)23-15-22(27-29(23)20-8-3-2-4-9-20)24(31)26-18-10-12-21(13-11-18)34(32,33)28-19-7-5-6-17(25)14-19/h2-14,23,28H,15H2,1H3,(H,26,31). The van der Waals surface area contributed by atoms with Crippen LogP contribution in [0.15, 0.2) is 88.9 Å². The molecule has 0 aliphatic carbocycles. The molecule has 1 aliphatic rings. The van der Waals surface area contributed by atoms with Crippen molar-refractivity contribution in [1.82, 2.24) is 0 Å². The van der Waals surface area contributed by atoms with Gasteiger partial charge in [0, 0.05) is 12.1 Å². The summed E-state index contributed by atoms with van der Waals surface area (Å²) in [6, 6.07) is 19.1. The Labute approximate surface area is 196 Å². The fraction of sp³-hybridized carbons (Fsp3) is 0.125. The molecule has 1 aliphatic heterocycles. The van der Waals surface area contributed by atoms with Crippen LogP contribution in [0.1, 0.15) is 13.3 Å². The Morgan fingerprint density at radius 1 is 0.971 bits per heavy atom. The van der Waals surface area contributed by atoms with E-state index in [1.807, 2.05) is 18.2 Å². The third-order valence-electron chi connectivity index (χ3n) is 5.16. The fourth-order valence-electron chi connectivity index (χ4n) is 3.47. The molecule has 8 nitrogen and oxygen atoms in total. The Bertz CT molecular complexity index is 1360. The molecular formula is C24H21FN4O4S. The number of anilines is 3. The summed E-state index contributed by atoms with van der Waals surface area (Å²) in [6.45, 7) is 1.45. The summed E-state index contributed by atoms with van der Waals surface area (Å²) < 4.78 is 40.7. The summed E-state index contributed by atoms with van der Waals surface area (Å²) in [7, 11) is -3.94. The van der Waals surface area contributed by atoms with Crippen molar-refractivity contribution in [3.63, 3.8) is 0 Å². The number of rotatable bonds is 7. The van der Waals surface area contributed by atoms with Crippen LogP contribution < -0.4 is 15.0 Å². The number of carbonyl (C=O) groups excluding carboxylic acids is 2. The van der Waals surface area contributed by atoms with E-state index in [4.69, 9.17) is 0 Å². The fourth-order valence-corrected chi connectivity index (χ4v) is 4.52. The van der Waals surface area contributed by atoms with E-state index < -0.39 is 27.8 Å². The number of halogens is 1. The largest absolute Gasteiger partial charge is 0.321 e. The van der Waals surface area contributed by atoms with Crippen LogP contribution in [0, 0.1) is 5.82 Å². The molecule has 1 atom stereocenters. The van der Waals surface area contributed by atoms with E-state index in [9.17, 15) is 22.4 Å². The summed E-state index contributed by atoms with van der Waals surface area (Å²) in [6.07, 6.45) is 0.153. The highest BCUT2D eigenvalue weighted by molar-refractivity contribution is 7.92. The number of amides is 1. The smallest absolute Gasteiger partial charge is 0.271 e. The van der Waals surface area contributed by atoms with Gasteiger partial charge in [-0.05, 0) is 61.5 Å². The summed E-state index contributed by atoms with van der Waals surface area (Å²) in [4.78, 5) is 24.8. The van der Waals surface area contributed by atoms with Gasteiger partial charge in [-0.2, -0.15) is 5.10 Å². The zero-order valence-electron chi connectivity index (χ0n) is 18.1. The highest BCUT2D eigenvalue weighted by Crippen LogP contribution is 2.26. The number of hydrogen-bond donors (Lipinski definition) is 2. The van der Waals surface area contributed by atoms with E-state index in [1.165, 1.54) is 54.4 Å². The zero-order valence-corrected chi connectivity index (χ0v) is 18.9. The molecule has 0 radical (unpaired) electrons. The van der Waals surface area contributed by atoms with Crippen molar-refractivity contribution in [1.29, 1.82) is 0 Å². The quantitative estimate of drug-likeness (QED) is 0.535. The molecule has 4 rings (SSSR count). The predicted molar refractivity (Wildman–Crippen MR) is 128 cm³/mol. The van der Waals surface area contributed by atoms with Gasteiger partial charge in [0.05, 0.1) is 16.3 Å². The van der Waals surface area contributed by atoms with E-state index in [2.05, 4.69) is 15.1 Å². The van der Waals surface area contributed by atoms with Crippen molar-refractivity contribution in [2.24, 2.45) is 5.10 Å². The lowest BCUT2D eigenvalue weighted by Gasteiger charge is -2.20. The lowest BCUT2D eigenvalue weighted by molar-refractivity contribution is -0.118. The van der Waals surface area contributed by atoms with Gasteiger partial charge in [0.15, 0.2) is 5.78 Å². The summed E-state index contributed by atoms with van der Waals surface area (Å²) in [5.74, 6) is -1.17. The number of carbonyl (C=O) groups is 2. The van der Waals surface area contributed by atoms with Crippen molar-refractivity contribution in [2.75, 3.05) is 15.0 Å². The lowest BCUT2D eigenvalue weighted by Crippen LogP contribution is -2.33. The summed E-state index contributed by atoms with van der Waals surface area (Å²) in [5.41, 5.74) is 1.34. The molecule has 1 amide bonds. The van der Waals surface area contributed by atoms with Crippen molar-refractivity contribution >= 4 is 44.5 Å². The normalized spacial score (nSPS) is 15.5. The van der Waals surface area contributed by atoms with E-state index in [1.54, 1.807) is 12.1 Å². The number of hydrogen-bond acceptors (Lipinski definition) is 6. The maximum absolute atomic E-state index is 13.3. The van der Waals surface area contributed by atoms with Crippen molar-refractivity contribution in [2.45, 2.75) is 24.3 Å². The van der Waals surface area contributed by atoms with Crippen molar-refractivity contribution < 1.29 is 22.4 Å². The topological polar surface area (TPSA) is 108 Å². The Balaban J connectivity index is 1.47. The van der Waals surface area contributed by atoms with Gasteiger partial charge >= 0.3 is 0 Å². The first-order valence-corrected chi connectivity index (χ1v) is 11.8. The Kier molecular flexibility index (Phi) is 6.42. The average Bonchev–Trinajstić information content (AvgIpc) is 3.26. The maximum Gasteiger partial charge on any atom is 0.271 e. The lowest BCUT2D eigenvalue weighted by atomic mass is 10.1. The van der Waals surface area contributed by atoms with Crippen LogP contribution in [0.5, 0.6) is 0 Å². The Morgan fingerprint density at radius 3 is 2.32 bits per heavy atom. The van der Waals surface area contributed by atoms with Gasteiger partial charge < -0.3 is 5.32 Å². The van der Waals surface area contributed by atoms with Gasteiger partial charge in [0.25, 0.3) is 15.9 Å². The minimum atomic E-state index is -3.94. The van der Waals surface area contributed by atoms with Crippen LogP contribution in [-0.2, 0) is 19.6 Å². The molecule has 0 fully saturated rings. The molecule has 0 saturated carbocycles. The monoisotopic (exact) mass is 480 g/mol. The second-order valence-corrected chi connectivity index (χ2v) is 9.33. The number of benzene rings is 3. The molecular weight excluding hydrogens is 459 g/mol. The van der Waals surface area contributed by atoms with Crippen molar-refractivity contribution in [3.05, 3.63) is 84.7 Å². The number of nitrogens with one attached hydrogen (secondary N) is 2. The molecule has 3 aromatic carbocycles. The molecule has 0 saturated heterocycles. The predicted octanol–water partition coefficient (Wildman–Crippen LogP) is 3.79. The Morgan fingerprint density at radius 2 is 1.68 bits per heavy atom. The molecule has 1 heterocycles. The summed E-state index contributed by atoms with van der Waals surface area (Å²) >= 11 is 0. The second-order valence-electron chi connectivity index (χ2n) is 7.65. The number of Topliss-reactive ketones (excluding diaryl/α,β-unsaturated/α-hetero) is 1. The zero-order chi connectivity index (χ0) is 24.3. The van der Waals surface area contributed by atoms with Crippen LogP contribution in [0.2, 0.25) is 0 Å². The number of sulfonamides is 1. The van der Waals surface area contributed by atoms with Gasteiger partial charge in [0.1, 0.15) is 17.6 Å². The van der Waals surface area contributed by atoms with Crippen molar-refractivity contribution in [3.8, 4) is 0 Å². The number of ketones is 1. The van der Waals surface area contributed by atoms with Gasteiger partial charge in [-0.25, -0.2) is 12.8 Å². The van der Waals surface area contributed by atoms with Gasteiger partial charge in [-0.1, -0.05) is 24.3 Å². The first kappa shape index (κ1) is 23.1. The van der Waals surface area contributed by atoms with Crippen LogP contribution in [-0.4, -0.2) is 31.9 Å². The molecule has 0 spiro atoms. The highest BCUT2D eigenvalue weighted by Gasteiger charge is 2.34. The second kappa shape index (κ2) is 9.44. The molecule has 3 aromatic rings. The molecule has 174 valence electrons. The third kappa shape index (κ3) is 5.12. The average molecular weight is 481 g/mol. The van der Waals surface area contributed by atoms with Gasteiger partial charge in [-0.3, -0.25) is 19.3 Å². The molecule has 10 heteroatoms. The molecule has 0 bridgehead atoms. The van der Waals surface area contributed by atoms with E-state index in [0.717, 1.165) is 6.07 Å².